The molecule has 0 spiro atoms. The van der Waals surface area contributed by atoms with Crippen molar-refractivity contribution < 1.29 is 31.9 Å². The molecule has 196 valence electrons. The first-order valence-corrected chi connectivity index (χ1v) is 13.5. The summed E-state index contributed by atoms with van der Waals surface area (Å²) in [6, 6.07) is 21.1. The van der Waals surface area contributed by atoms with Crippen LogP contribution in [0.1, 0.15) is 31.8 Å². The summed E-state index contributed by atoms with van der Waals surface area (Å²) >= 11 is 0. The lowest BCUT2D eigenvalue weighted by Crippen LogP contribution is -2.31. The van der Waals surface area contributed by atoms with E-state index in [4.69, 9.17) is 9.47 Å². The first-order chi connectivity index (χ1) is 18.8. The monoisotopic (exact) mass is 544 g/mol. The van der Waals surface area contributed by atoms with Crippen LogP contribution in [0.4, 0.5) is 10.1 Å². The largest absolute Gasteiger partial charge is 0.454 e. The number of hydrogen-bond acceptors (Lipinski definition) is 6. The highest BCUT2D eigenvalue weighted by atomic mass is 32.2. The van der Waals surface area contributed by atoms with Crippen molar-refractivity contribution >= 4 is 27.3 Å². The van der Waals surface area contributed by atoms with Crippen molar-refractivity contribution in [1.29, 1.82) is 0 Å². The van der Waals surface area contributed by atoms with Crippen LogP contribution in [0.15, 0.2) is 94.7 Å². The number of anilines is 1. The van der Waals surface area contributed by atoms with Gasteiger partial charge in [0.15, 0.2) is 11.5 Å². The number of ether oxygens (including phenoxy) is 2. The number of hydrogen-bond donors (Lipinski definition) is 1. The smallest absolute Gasteiger partial charge is 0.259 e. The van der Waals surface area contributed by atoms with Crippen LogP contribution in [0.3, 0.4) is 0 Å². The summed E-state index contributed by atoms with van der Waals surface area (Å²) in [4.78, 5) is 27.9. The number of carbonyl (C=O) groups excluding carboxylic acids is 2. The van der Waals surface area contributed by atoms with Crippen LogP contribution < -0.4 is 19.7 Å². The third kappa shape index (κ3) is 4.48. The standard InChI is InChI=1S/C29H21FN2O6S/c30-21-9-5-18(6-10-21)16-32-23-14-20(28(33)31-15-19-7-11-24-25(13-19)38-17-37-24)8-12-27(23)39(35,36)26-4-2-1-3-22(26)29(32)34/h1-14H,15-17H2,(H,31,33). The van der Waals surface area contributed by atoms with Crippen LogP contribution >= 0.6 is 0 Å². The molecule has 2 heterocycles. The van der Waals surface area contributed by atoms with E-state index in [0.717, 1.165) is 5.56 Å². The number of rotatable bonds is 5. The van der Waals surface area contributed by atoms with E-state index in [9.17, 15) is 22.4 Å². The third-order valence-corrected chi connectivity index (χ3v) is 8.46. The molecule has 0 unspecified atom stereocenters. The highest BCUT2D eigenvalue weighted by molar-refractivity contribution is 7.91. The molecule has 2 aliphatic rings. The lowest BCUT2D eigenvalue weighted by atomic mass is 10.1. The SMILES string of the molecule is O=C(NCc1ccc2c(c1)OCO2)c1ccc2c(c1)N(Cc1ccc(F)cc1)C(=O)c1ccccc1S2(=O)=O. The van der Waals surface area contributed by atoms with Gasteiger partial charge in [-0.1, -0.05) is 30.3 Å². The van der Waals surface area contributed by atoms with Crippen molar-refractivity contribution in [2.24, 2.45) is 0 Å². The third-order valence-electron chi connectivity index (χ3n) is 6.60. The second-order valence-electron chi connectivity index (χ2n) is 9.07. The number of amides is 2. The summed E-state index contributed by atoms with van der Waals surface area (Å²) in [6.45, 7) is 0.299. The zero-order chi connectivity index (χ0) is 27.1. The van der Waals surface area contributed by atoms with E-state index in [1.165, 1.54) is 59.5 Å². The summed E-state index contributed by atoms with van der Waals surface area (Å²) in [5.41, 5.74) is 1.63. The fourth-order valence-corrected chi connectivity index (χ4v) is 6.24. The van der Waals surface area contributed by atoms with Crippen LogP contribution in [0.2, 0.25) is 0 Å². The molecule has 8 nitrogen and oxygen atoms in total. The Hall–Kier alpha value is -4.70. The molecule has 0 saturated heterocycles. The highest BCUT2D eigenvalue weighted by Gasteiger charge is 2.36. The highest BCUT2D eigenvalue weighted by Crippen LogP contribution is 2.38. The van der Waals surface area contributed by atoms with Gasteiger partial charge >= 0.3 is 0 Å². The van der Waals surface area contributed by atoms with Gasteiger partial charge in [-0.2, -0.15) is 0 Å². The maximum atomic E-state index is 13.7. The van der Waals surface area contributed by atoms with Gasteiger partial charge in [-0.05, 0) is 65.7 Å². The van der Waals surface area contributed by atoms with E-state index >= 15 is 0 Å². The molecule has 4 aromatic carbocycles. The van der Waals surface area contributed by atoms with Crippen LogP contribution in [-0.4, -0.2) is 27.0 Å². The van der Waals surface area contributed by atoms with Crippen molar-refractivity contribution in [2.45, 2.75) is 22.9 Å². The van der Waals surface area contributed by atoms with E-state index in [-0.39, 0.29) is 46.5 Å². The molecule has 1 N–H and O–H groups in total. The van der Waals surface area contributed by atoms with Gasteiger partial charge in [-0.3, -0.25) is 9.59 Å². The molecule has 0 aromatic heterocycles. The predicted octanol–water partition coefficient (Wildman–Crippen LogP) is 4.48. The van der Waals surface area contributed by atoms with Crippen molar-refractivity contribution in [2.75, 3.05) is 11.7 Å². The molecule has 39 heavy (non-hydrogen) atoms. The van der Waals surface area contributed by atoms with Crippen LogP contribution in [0, 0.1) is 5.82 Å². The van der Waals surface area contributed by atoms with E-state index < -0.39 is 27.5 Å². The molecule has 0 aliphatic carbocycles. The van der Waals surface area contributed by atoms with Crippen molar-refractivity contribution in [3.63, 3.8) is 0 Å². The molecule has 2 aliphatic heterocycles. The Morgan fingerprint density at radius 2 is 1.62 bits per heavy atom. The van der Waals surface area contributed by atoms with E-state index in [1.807, 2.05) is 0 Å². The Morgan fingerprint density at radius 3 is 2.44 bits per heavy atom. The number of benzene rings is 4. The predicted molar refractivity (Wildman–Crippen MR) is 139 cm³/mol. The van der Waals surface area contributed by atoms with Crippen molar-refractivity contribution in [3.05, 3.63) is 113 Å². The minimum absolute atomic E-state index is 0.0182. The van der Waals surface area contributed by atoms with Gasteiger partial charge in [0, 0.05) is 12.1 Å². The summed E-state index contributed by atoms with van der Waals surface area (Å²) in [5.74, 6) is -0.217. The Bertz CT molecular complexity index is 1740. The molecule has 0 fully saturated rings. The molecule has 6 rings (SSSR count). The maximum absolute atomic E-state index is 13.7. The van der Waals surface area contributed by atoms with E-state index in [1.54, 1.807) is 30.3 Å². The first kappa shape index (κ1) is 24.6. The topological polar surface area (TPSA) is 102 Å². The molecule has 0 saturated carbocycles. The Morgan fingerprint density at radius 1 is 0.872 bits per heavy atom. The average Bonchev–Trinajstić information content (AvgIpc) is 3.41. The van der Waals surface area contributed by atoms with Crippen LogP contribution in [0.25, 0.3) is 0 Å². The number of nitrogens with zero attached hydrogens (tertiary/aromatic N) is 1. The molecular weight excluding hydrogens is 523 g/mol. The summed E-state index contributed by atoms with van der Waals surface area (Å²) in [7, 11) is -4.09. The molecule has 0 radical (unpaired) electrons. The van der Waals surface area contributed by atoms with Gasteiger partial charge in [-0.25, -0.2) is 12.8 Å². The van der Waals surface area contributed by atoms with Gasteiger partial charge in [-0.15, -0.1) is 0 Å². The summed E-state index contributed by atoms with van der Waals surface area (Å²) in [5, 5.41) is 2.82. The second-order valence-corrected chi connectivity index (χ2v) is 11.0. The normalized spacial score (nSPS) is 14.8. The zero-order valence-electron chi connectivity index (χ0n) is 20.4. The van der Waals surface area contributed by atoms with Crippen LogP contribution in [0.5, 0.6) is 11.5 Å². The van der Waals surface area contributed by atoms with Crippen LogP contribution in [-0.2, 0) is 22.9 Å². The fraction of sp³-hybridized carbons (Fsp3) is 0.103. The first-order valence-electron chi connectivity index (χ1n) is 12.0. The molecular formula is C29H21FN2O6S. The second kappa shape index (κ2) is 9.55. The molecule has 2 amide bonds. The number of halogens is 1. The Kier molecular flexibility index (Phi) is 6.03. The van der Waals surface area contributed by atoms with Crippen molar-refractivity contribution in [1.82, 2.24) is 5.32 Å². The average molecular weight is 545 g/mol. The Labute approximate surface area is 223 Å². The molecule has 4 aromatic rings. The fourth-order valence-electron chi connectivity index (χ4n) is 4.61. The minimum Gasteiger partial charge on any atom is -0.454 e. The van der Waals surface area contributed by atoms with Crippen molar-refractivity contribution in [3.8, 4) is 11.5 Å². The lowest BCUT2D eigenvalue weighted by Gasteiger charge is -2.23. The number of fused-ring (bicyclic) bond motifs is 3. The van der Waals surface area contributed by atoms with Gasteiger partial charge in [0.2, 0.25) is 16.6 Å². The Balaban J connectivity index is 1.37. The minimum atomic E-state index is -4.09. The zero-order valence-corrected chi connectivity index (χ0v) is 21.2. The number of carbonyl (C=O) groups is 2. The van der Waals surface area contributed by atoms with E-state index in [2.05, 4.69) is 5.32 Å². The summed E-state index contributed by atoms with van der Waals surface area (Å²) in [6.07, 6.45) is 0. The quantitative estimate of drug-likeness (QED) is 0.398. The maximum Gasteiger partial charge on any atom is 0.259 e. The molecule has 0 bridgehead atoms. The summed E-state index contributed by atoms with van der Waals surface area (Å²) < 4.78 is 51.5. The van der Waals surface area contributed by atoms with Gasteiger partial charge in [0.05, 0.1) is 27.6 Å². The van der Waals surface area contributed by atoms with E-state index in [0.29, 0.717) is 17.1 Å². The number of nitrogens with one attached hydrogen (secondary N) is 1. The van der Waals surface area contributed by atoms with Gasteiger partial charge in [0.1, 0.15) is 5.82 Å². The molecule has 0 atom stereocenters. The number of sulfone groups is 1. The van der Waals surface area contributed by atoms with Gasteiger partial charge in [0.25, 0.3) is 11.8 Å². The molecule has 10 heteroatoms. The van der Waals surface area contributed by atoms with Gasteiger partial charge < -0.3 is 19.7 Å². The lowest BCUT2D eigenvalue weighted by molar-refractivity contribution is 0.0947.